The molecule has 1 aromatic carbocycles. The van der Waals surface area contributed by atoms with Crippen LogP contribution in [0.1, 0.15) is 30.9 Å². The molecule has 28 heavy (non-hydrogen) atoms. The molecule has 0 aliphatic carbocycles. The van der Waals surface area contributed by atoms with Crippen LogP contribution >= 0.6 is 11.8 Å². The quantitative estimate of drug-likeness (QED) is 0.742. The lowest BCUT2D eigenvalue weighted by Gasteiger charge is -2.29. The number of carbonyl (C=O) groups is 4. The maximum absolute atomic E-state index is 12.3. The molecule has 4 amide bonds. The molecular formula is C19H23N3O5S. The molecule has 1 aromatic rings. The summed E-state index contributed by atoms with van der Waals surface area (Å²) < 4.78 is 5.05. The monoisotopic (exact) mass is 405 g/mol. The number of esters is 1. The summed E-state index contributed by atoms with van der Waals surface area (Å²) in [5, 5.41) is 4.73. The van der Waals surface area contributed by atoms with Gasteiger partial charge in [-0.05, 0) is 44.4 Å². The first kappa shape index (κ1) is 20.2. The number of hydrogen-bond donors (Lipinski definition) is 2. The number of hydrogen-bond acceptors (Lipinski definition) is 6. The topological polar surface area (TPSA) is 105 Å². The summed E-state index contributed by atoms with van der Waals surface area (Å²) in [5.41, 5.74) is 2.50. The first-order chi connectivity index (χ1) is 13.2. The molecule has 9 heteroatoms. The number of carbonyl (C=O) groups excluding carboxylic acids is 4. The Bertz CT molecular complexity index is 843. The molecule has 0 radical (unpaired) electrons. The van der Waals surface area contributed by atoms with Crippen molar-refractivity contribution in [3.63, 3.8) is 0 Å². The molecule has 3 rings (SSSR count). The van der Waals surface area contributed by atoms with E-state index in [1.54, 1.807) is 28.8 Å². The van der Waals surface area contributed by atoms with E-state index in [9.17, 15) is 19.2 Å². The predicted molar refractivity (Wildman–Crippen MR) is 105 cm³/mol. The van der Waals surface area contributed by atoms with Crippen molar-refractivity contribution in [2.45, 2.75) is 44.5 Å². The number of aryl methyl sites for hydroxylation is 1. The van der Waals surface area contributed by atoms with Gasteiger partial charge < -0.3 is 15.0 Å². The molecule has 0 aromatic heterocycles. The highest BCUT2D eigenvalue weighted by atomic mass is 32.2. The number of ether oxygens (including phenoxy) is 1. The highest BCUT2D eigenvalue weighted by molar-refractivity contribution is 8.01. The molecule has 0 spiro atoms. The molecule has 2 aliphatic rings. The summed E-state index contributed by atoms with van der Waals surface area (Å²) in [6.45, 7) is 5.13. The third-order valence-corrected chi connectivity index (χ3v) is 6.67. The Morgan fingerprint density at radius 1 is 1.32 bits per heavy atom. The van der Waals surface area contributed by atoms with Crippen molar-refractivity contribution in [2.24, 2.45) is 0 Å². The van der Waals surface area contributed by atoms with Crippen LogP contribution in [-0.2, 0) is 19.1 Å². The van der Waals surface area contributed by atoms with Crippen LogP contribution in [0.3, 0.4) is 0 Å². The van der Waals surface area contributed by atoms with E-state index in [1.807, 2.05) is 26.8 Å². The number of rotatable bonds is 4. The van der Waals surface area contributed by atoms with Gasteiger partial charge in [-0.2, -0.15) is 0 Å². The molecule has 2 heterocycles. The fraction of sp³-hybridized carbons (Fsp3) is 0.474. The molecule has 2 saturated heterocycles. The molecule has 0 saturated carbocycles. The number of anilines is 1. The number of amides is 4. The first-order valence-corrected chi connectivity index (χ1v) is 9.99. The van der Waals surface area contributed by atoms with Crippen LogP contribution in [0.15, 0.2) is 18.2 Å². The van der Waals surface area contributed by atoms with Crippen LogP contribution in [0.5, 0.6) is 0 Å². The summed E-state index contributed by atoms with van der Waals surface area (Å²) in [7, 11) is 0. The lowest BCUT2D eigenvalue weighted by atomic mass is 10.1. The number of nitrogens with zero attached hydrogens (tertiary/aromatic N) is 1. The van der Waals surface area contributed by atoms with Gasteiger partial charge in [0.05, 0.1) is 4.87 Å². The minimum atomic E-state index is -0.739. The zero-order valence-electron chi connectivity index (χ0n) is 16.0. The minimum Gasteiger partial charge on any atom is -0.454 e. The van der Waals surface area contributed by atoms with Gasteiger partial charge in [-0.25, -0.2) is 9.59 Å². The van der Waals surface area contributed by atoms with Crippen LogP contribution in [0.25, 0.3) is 0 Å². The minimum absolute atomic E-state index is 0.0770. The Labute approximate surface area is 167 Å². The Morgan fingerprint density at radius 3 is 2.82 bits per heavy atom. The van der Waals surface area contributed by atoms with Crippen LogP contribution in [-0.4, -0.2) is 52.0 Å². The number of thioether (sulfide) groups is 1. The maximum atomic E-state index is 12.3. The highest BCUT2D eigenvalue weighted by Crippen LogP contribution is 2.47. The van der Waals surface area contributed by atoms with E-state index >= 15 is 0 Å². The van der Waals surface area contributed by atoms with Gasteiger partial charge in [0.2, 0.25) is 5.91 Å². The summed E-state index contributed by atoms with van der Waals surface area (Å²) in [6.07, 6.45) is 1.10. The summed E-state index contributed by atoms with van der Waals surface area (Å²) >= 11 is 1.54. The fourth-order valence-electron chi connectivity index (χ4n) is 3.43. The Kier molecular flexibility index (Phi) is 5.64. The highest BCUT2D eigenvalue weighted by Gasteiger charge is 2.53. The third-order valence-electron chi connectivity index (χ3n) is 5.17. The van der Waals surface area contributed by atoms with E-state index in [-0.39, 0.29) is 10.8 Å². The van der Waals surface area contributed by atoms with Gasteiger partial charge in [-0.1, -0.05) is 12.1 Å². The summed E-state index contributed by atoms with van der Waals surface area (Å²) in [6, 6.07) is 4.05. The molecule has 2 aliphatic heterocycles. The van der Waals surface area contributed by atoms with Gasteiger partial charge in [-0.3, -0.25) is 14.9 Å². The van der Waals surface area contributed by atoms with Crippen molar-refractivity contribution in [1.82, 2.24) is 10.2 Å². The third kappa shape index (κ3) is 3.99. The van der Waals surface area contributed by atoms with Crippen LogP contribution in [0.2, 0.25) is 0 Å². The number of imide groups is 1. The van der Waals surface area contributed by atoms with Crippen molar-refractivity contribution in [2.75, 3.05) is 17.7 Å². The number of fused-ring (bicyclic) bond motifs is 1. The van der Waals surface area contributed by atoms with Crippen molar-refractivity contribution < 1.29 is 23.9 Å². The van der Waals surface area contributed by atoms with Crippen LogP contribution < -0.4 is 10.6 Å². The first-order valence-electron chi connectivity index (χ1n) is 9.01. The normalized spacial score (nSPS) is 23.3. The average molecular weight is 405 g/mol. The number of nitrogens with one attached hydrogen (secondary N) is 2. The molecule has 2 fully saturated rings. The number of benzene rings is 1. The molecule has 0 bridgehead atoms. The van der Waals surface area contributed by atoms with Gasteiger partial charge in [0, 0.05) is 17.9 Å². The van der Waals surface area contributed by atoms with Crippen LogP contribution in [0.4, 0.5) is 10.5 Å². The predicted octanol–water partition coefficient (Wildman–Crippen LogP) is 1.95. The van der Waals surface area contributed by atoms with Gasteiger partial charge in [-0.15, -0.1) is 11.8 Å². The zero-order valence-corrected chi connectivity index (χ0v) is 16.9. The molecule has 2 N–H and O–H groups in total. The van der Waals surface area contributed by atoms with E-state index in [0.29, 0.717) is 24.3 Å². The van der Waals surface area contributed by atoms with E-state index in [1.165, 1.54) is 0 Å². The fourth-order valence-corrected chi connectivity index (χ4v) is 4.85. The molecule has 8 nitrogen and oxygen atoms in total. The van der Waals surface area contributed by atoms with E-state index in [2.05, 4.69) is 10.6 Å². The summed E-state index contributed by atoms with van der Waals surface area (Å²) in [5.74, 6) is -1.00. The Hall–Kier alpha value is -2.55. The van der Waals surface area contributed by atoms with Crippen molar-refractivity contribution in [3.05, 3.63) is 29.3 Å². The second-order valence-corrected chi connectivity index (χ2v) is 8.62. The summed E-state index contributed by atoms with van der Waals surface area (Å²) in [4.78, 5) is 49.5. The number of urea groups is 1. The van der Waals surface area contributed by atoms with E-state index < -0.39 is 30.6 Å². The van der Waals surface area contributed by atoms with E-state index in [4.69, 9.17) is 4.74 Å². The van der Waals surface area contributed by atoms with Gasteiger partial charge in [0.1, 0.15) is 6.04 Å². The van der Waals surface area contributed by atoms with Gasteiger partial charge in [0.25, 0.3) is 5.91 Å². The smallest absolute Gasteiger partial charge is 0.330 e. The van der Waals surface area contributed by atoms with Gasteiger partial charge >= 0.3 is 12.0 Å². The molecule has 2 atom stereocenters. The maximum Gasteiger partial charge on any atom is 0.330 e. The largest absolute Gasteiger partial charge is 0.454 e. The zero-order chi connectivity index (χ0) is 20.5. The lowest BCUT2D eigenvalue weighted by Crippen LogP contribution is -2.47. The second kappa shape index (κ2) is 7.83. The molecule has 150 valence electrons. The molecular weight excluding hydrogens is 382 g/mol. The SMILES string of the molecule is Cc1cccc(NC(=O)NC(=O)COC(=O)[C@@H]2CS[C@@]3(C)CCC(=O)N23)c1C. The van der Waals surface area contributed by atoms with E-state index in [0.717, 1.165) is 11.1 Å². The van der Waals surface area contributed by atoms with Crippen molar-refractivity contribution in [3.8, 4) is 0 Å². The average Bonchev–Trinajstić information content (AvgIpc) is 3.13. The van der Waals surface area contributed by atoms with Crippen molar-refractivity contribution in [1.29, 1.82) is 0 Å². The lowest BCUT2D eigenvalue weighted by molar-refractivity contribution is -0.156. The van der Waals surface area contributed by atoms with Crippen molar-refractivity contribution >= 4 is 41.3 Å². The van der Waals surface area contributed by atoms with Crippen LogP contribution in [0, 0.1) is 13.8 Å². The second-order valence-electron chi connectivity index (χ2n) is 7.12. The standard InChI is InChI=1S/C19H23N3O5S/c1-11-5-4-6-13(12(11)2)20-18(26)21-15(23)9-27-17(25)14-10-28-19(3)8-7-16(24)22(14)19/h4-6,14H,7-10H2,1-3H3,(H2,20,21,23,26)/t14-,19-/m0/s1. The molecule has 0 unspecified atom stereocenters. The Balaban J connectivity index is 1.49. The Morgan fingerprint density at radius 2 is 2.07 bits per heavy atom. The van der Waals surface area contributed by atoms with Gasteiger partial charge in [0.15, 0.2) is 6.61 Å².